The third kappa shape index (κ3) is 9.46. The van der Waals surface area contributed by atoms with Gasteiger partial charge < -0.3 is 40.1 Å². The number of nitrogens with one attached hydrogen (secondary N) is 3. The Morgan fingerprint density at radius 1 is 0.887 bits per heavy atom. The highest BCUT2D eigenvalue weighted by Gasteiger charge is 2.45. The molecule has 3 heterocycles. The second-order valence-electron chi connectivity index (χ2n) is 14.8. The van der Waals surface area contributed by atoms with E-state index in [-0.39, 0.29) is 31.3 Å². The summed E-state index contributed by atoms with van der Waals surface area (Å²) >= 11 is 0. The molecule has 15 heteroatoms. The number of hydrogen-bond acceptors (Lipinski definition) is 9. The Bertz CT molecular complexity index is 1530. The van der Waals surface area contributed by atoms with Crippen LogP contribution in [0.2, 0.25) is 0 Å². The van der Waals surface area contributed by atoms with E-state index in [9.17, 15) is 33.6 Å². The van der Waals surface area contributed by atoms with Gasteiger partial charge in [0.2, 0.25) is 35.4 Å². The lowest BCUT2D eigenvalue weighted by atomic mass is 9.95. The van der Waals surface area contributed by atoms with Gasteiger partial charge >= 0.3 is 5.97 Å². The molecule has 0 bridgehead atoms. The monoisotopic (exact) mass is 740 g/mol. The summed E-state index contributed by atoms with van der Waals surface area (Å²) in [5.74, 6) is -4.09. The lowest BCUT2D eigenvalue weighted by molar-refractivity contribution is -0.163. The van der Waals surface area contributed by atoms with Crippen molar-refractivity contribution in [3.63, 3.8) is 0 Å². The molecule has 1 aromatic carbocycles. The largest absolute Gasteiger partial charge is 0.497 e. The Balaban J connectivity index is 1.80. The Hall–Kier alpha value is -4.69. The Morgan fingerprint density at radius 2 is 1.47 bits per heavy atom. The average molecular weight is 741 g/mol. The summed E-state index contributed by atoms with van der Waals surface area (Å²) in [6.07, 6.45) is 1.04. The van der Waals surface area contributed by atoms with Crippen LogP contribution >= 0.6 is 0 Å². The zero-order valence-corrected chi connectivity index (χ0v) is 32.2. The quantitative estimate of drug-likeness (QED) is 0.346. The lowest BCUT2D eigenvalue weighted by Crippen LogP contribution is -2.61. The minimum absolute atomic E-state index is 0.0350. The molecule has 0 aliphatic carbocycles. The first-order chi connectivity index (χ1) is 25.1. The van der Waals surface area contributed by atoms with E-state index in [0.717, 1.165) is 0 Å². The number of cyclic esters (lactones) is 1. The van der Waals surface area contributed by atoms with Crippen molar-refractivity contribution in [1.29, 1.82) is 0 Å². The fourth-order valence-electron chi connectivity index (χ4n) is 7.34. The zero-order chi connectivity index (χ0) is 39.1. The summed E-state index contributed by atoms with van der Waals surface area (Å²) in [7, 11) is 3.01. The molecule has 0 saturated carbocycles. The summed E-state index contributed by atoms with van der Waals surface area (Å²) < 4.78 is 11.2. The van der Waals surface area contributed by atoms with Crippen molar-refractivity contribution in [3.8, 4) is 5.75 Å². The van der Waals surface area contributed by atoms with Crippen LogP contribution in [-0.2, 0) is 44.7 Å². The number of carbonyl (C=O) groups is 7. The first kappa shape index (κ1) is 41.1. The van der Waals surface area contributed by atoms with E-state index in [1.807, 2.05) is 13.8 Å². The number of esters is 1. The predicted molar refractivity (Wildman–Crippen MR) is 194 cm³/mol. The second kappa shape index (κ2) is 17.9. The third-order valence-electron chi connectivity index (χ3n) is 10.8. The van der Waals surface area contributed by atoms with Gasteiger partial charge in [-0.3, -0.25) is 28.8 Å². The number of benzene rings is 1. The van der Waals surface area contributed by atoms with Gasteiger partial charge in [0.05, 0.1) is 7.11 Å². The van der Waals surface area contributed by atoms with E-state index >= 15 is 0 Å². The highest BCUT2D eigenvalue weighted by Crippen LogP contribution is 2.26. The number of nitrogens with zero attached hydrogens (tertiary/aromatic N) is 3. The van der Waals surface area contributed by atoms with E-state index in [1.165, 1.54) is 42.7 Å². The Labute approximate surface area is 311 Å². The minimum Gasteiger partial charge on any atom is -0.497 e. The van der Waals surface area contributed by atoms with Crippen LogP contribution in [0.3, 0.4) is 0 Å². The number of hydrogen-bond donors (Lipinski definition) is 3. The maximum absolute atomic E-state index is 14.3. The number of ether oxygens (including phenoxy) is 2. The van der Waals surface area contributed by atoms with Crippen molar-refractivity contribution in [2.75, 3.05) is 27.2 Å². The average Bonchev–Trinajstić information content (AvgIpc) is 3.83. The second-order valence-corrected chi connectivity index (χ2v) is 14.8. The molecule has 292 valence electrons. The van der Waals surface area contributed by atoms with E-state index in [1.54, 1.807) is 38.1 Å². The highest BCUT2D eigenvalue weighted by atomic mass is 16.5. The molecule has 3 aliphatic rings. The van der Waals surface area contributed by atoms with Crippen LogP contribution in [0.5, 0.6) is 5.75 Å². The lowest BCUT2D eigenvalue weighted by Gasteiger charge is -2.35. The SMILES string of the molecule is CC[C@@H](C)[C@H]1NC(=O)[C@H]2CCCN2C(=O)[C@@H](NC(C)=O)[C@@H](C)OC(=O)[C@@H](Cc2ccc(OC)cc2)N(C)C(=O)[C@H]2CCCN2C(=O)[C@@H](C(C)C)NC1=O. The molecule has 0 aromatic heterocycles. The predicted octanol–water partition coefficient (Wildman–Crippen LogP) is 1.17. The van der Waals surface area contributed by atoms with Gasteiger partial charge in [-0.05, 0) is 62.1 Å². The van der Waals surface area contributed by atoms with Gasteiger partial charge in [0, 0.05) is 33.5 Å². The van der Waals surface area contributed by atoms with E-state index < -0.39 is 83.8 Å². The number of methoxy groups -OCH3 is 1. The summed E-state index contributed by atoms with van der Waals surface area (Å²) in [4.78, 5) is 101. The van der Waals surface area contributed by atoms with Gasteiger partial charge in [-0.25, -0.2) is 4.79 Å². The van der Waals surface area contributed by atoms with Gasteiger partial charge in [-0.1, -0.05) is 46.2 Å². The Kier molecular flexibility index (Phi) is 13.9. The number of amides is 6. The van der Waals surface area contributed by atoms with Gasteiger partial charge in [-0.2, -0.15) is 0 Å². The molecular formula is C38H56N6O9. The number of rotatable bonds is 7. The maximum atomic E-state index is 14.3. The van der Waals surface area contributed by atoms with Crippen molar-refractivity contribution in [2.45, 2.75) is 122 Å². The van der Waals surface area contributed by atoms with Crippen LogP contribution in [0.25, 0.3) is 0 Å². The van der Waals surface area contributed by atoms with Crippen molar-refractivity contribution in [2.24, 2.45) is 11.8 Å². The van der Waals surface area contributed by atoms with Crippen LogP contribution in [0, 0.1) is 11.8 Å². The first-order valence-corrected chi connectivity index (χ1v) is 18.7. The molecule has 6 amide bonds. The molecule has 3 fully saturated rings. The molecule has 15 nitrogen and oxygen atoms in total. The van der Waals surface area contributed by atoms with E-state index in [4.69, 9.17) is 9.47 Å². The Morgan fingerprint density at radius 3 is 2.04 bits per heavy atom. The molecule has 0 spiro atoms. The number of likely N-dealkylation sites (N-methyl/N-ethyl adjacent to an activating group) is 1. The molecule has 1 aromatic rings. The normalized spacial score (nSPS) is 28.6. The first-order valence-electron chi connectivity index (χ1n) is 18.7. The van der Waals surface area contributed by atoms with Crippen molar-refractivity contribution >= 4 is 41.4 Å². The van der Waals surface area contributed by atoms with Crippen molar-refractivity contribution < 1.29 is 43.0 Å². The van der Waals surface area contributed by atoms with Gasteiger partial charge in [0.15, 0.2) is 0 Å². The van der Waals surface area contributed by atoms with Crippen molar-refractivity contribution in [1.82, 2.24) is 30.7 Å². The molecular weight excluding hydrogens is 684 g/mol. The number of fused-ring (bicyclic) bond motifs is 2. The van der Waals surface area contributed by atoms with Crippen LogP contribution in [0.15, 0.2) is 24.3 Å². The van der Waals surface area contributed by atoms with Gasteiger partial charge in [0.25, 0.3) is 0 Å². The smallest absolute Gasteiger partial charge is 0.329 e. The van der Waals surface area contributed by atoms with Crippen LogP contribution < -0.4 is 20.7 Å². The summed E-state index contributed by atoms with van der Waals surface area (Å²) in [6, 6.07) is 0.551. The van der Waals surface area contributed by atoms with Crippen LogP contribution in [0.1, 0.15) is 79.2 Å². The van der Waals surface area contributed by atoms with E-state index in [0.29, 0.717) is 43.4 Å². The standard InChI is InChI=1S/C38H56N6O9/c1-9-22(4)31-34(47)40-30(21(2)3)36(49)44-19-11-13-28(44)35(48)42(7)29(20-25-14-16-26(52-8)17-15-25)38(51)53-23(5)32(39-24(6)45)37(50)43-18-10-12-27(43)33(46)41-31/h14-17,21-23,27-32H,9-13,18-20H2,1-8H3,(H,39,45)(H,40,47)(H,41,46)/t22-,23-,27-,28-,29-,30-,31-,32+/m1/s1. The maximum Gasteiger partial charge on any atom is 0.329 e. The molecule has 0 radical (unpaired) electrons. The molecule has 3 N–H and O–H groups in total. The summed E-state index contributed by atoms with van der Waals surface area (Å²) in [5.41, 5.74) is 0.691. The molecule has 53 heavy (non-hydrogen) atoms. The molecule has 0 unspecified atom stereocenters. The van der Waals surface area contributed by atoms with Crippen LogP contribution in [0.4, 0.5) is 0 Å². The van der Waals surface area contributed by atoms with E-state index in [2.05, 4.69) is 16.0 Å². The zero-order valence-electron chi connectivity index (χ0n) is 32.2. The van der Waals surface area contributed by atoms with Crippen molar-refractivity contribution in [3.05, 3.63) is 29.8 Å². The van der Waals surface area contributed by atoms with Gasteiger partial charge in [0.1, 0.15) is 48.1 Å². The summed E-state index contributed by atoms with van der Waals surface area (Å²) in [5, 5.41) is 8.35. The highest BCUT2D eigenvalue weighted by molar-refractivity contribution is 5.97. The fraction of sp³-hybridized carbons (Fsp3) is 0.658. The van der Waals surface area contributed by atoms with Gasteiger partial charge in [-0.15, -0.1) is 0 Å². The topological polar surface area (TPSA) is 184 Å². The molecule has 3 aliphatic heterocycles. The third-order valence-corrected chi connectivity index (χ3v) is 10.8. The number of carbonyl (C=O) groups excluding carboxylic acids is 7. The summed E-state index contributed by atoms with van der Waals surface area (Å²) in [6.45, 7) is 10.5. The molecule has 4 rings (SSSR count). The van der Waals surface area contributed by atoms with Crippen LogP contribution in [-0.4, -0.2) is 126 Å². The minimum atomic E-state index is -1.35. The fourth-order valence-corrected chi connectivity index (χ4v) is 7.34. The molecule has 8 atom stereocenters. The molecule has 3 saturated heterocycles.